The number of thiophene rings is 1. The summed E-state index contributed by atoms with van der Waals surface area (Å²) in [5, 5.41) is 5.52. The molecular weight excluding hydrogens is 218 g/mol. The van der Waals surface area contributed by atoms with Crippen molar-refractivity contribution in [1.29, 1.82) is 0 Å². The van der Waals surface area contributed by atoms with Crippen molar-refractivity contribution in [2.24, 2.45) is 5.92 Å². The minimum Gasteiger partial charge on any atom is -0.380 e. The van der Waals surface area contributed by atoms with Crippen molar-refractivity contribution in [2.45, 2.75) is 26.7 Å². The highest BCUT2D eigenvalue weighted by Crippen LogP contribution is 2.07. The second-order valence-electron chi connectivity index (χ2n) is 4.37. The summed E-state index contributed by atoms with van der Waals surface area (Å²) in [6.45, 7) is 8.18. The zero-order chi connectivity index (χ0) is 11.6. The fraction of sp³-hybridized carbons (Fsp3) is 0.692. The summed E-state index contributed by atoms with van der Waals surface area (Å²) in [6, 6.07) is 4.29. The van der Waals surface area contributed by atoms with Gasteiger partial charge in [0.1, 0.15) is 0 Å². The monoisotopic (exact) mass is 241 g/mol. The van der Waals surface area contributed by atoms with Gasteiger partial charge < -0.3 is 10.1 Å². The van der Waals surface area contributed by atoms with Crippen molar-refractivity contribution >= 4 is 11.3 Å². The molecule has 0 aliphatic rings. The Labute approximate surface area is 103 Å². The van der Waals surface area contributed by atoms with Crippen molar-refractivity contribution in [3.63, 3.8) is 0 Å². The molecule has 0 radical (unpaired) electrons. The van der Waals surface area contributed by atoms with Crippen molar-refractivity contribution < 1.29 is 4.74 Å². The molecule has 0 saturated heterocycles. The van der Waals surface area contributed by atoms with Crippen LogP contribution in [-0.2, 0) is 11.2 Å². The third kappa shape index (κ3) is 6.99. The molecule has 3 heteroatoms. The Balaban J connectivity index is 1.82. The van der Waals surface area contributed by atoms with Crippen LogP contribution >= 0.6 is 11.3 Å². The zero-order valence-corrected chi connectivity index (χ0v) is 11.2. The SMILES string of the molecule is CC(C)CCOCCNCCc1cccs1. The largest absolute Gasteiger partial charge is 0.380 e. The summed E-state index contributed by atoms with van der Waals surface area (Å²) in [5.41, 5.74) is 0. The lowest BCUT2D eigenvalue weighted by atomic mass is 10.1. The van der Waals surface area contributed by atoms with Gasteiger partial charge in [-0.1, -0.05) is 19.9 Å². The van der Waals surface area contributed by atoms with Crippen LogP contribution in [0.25, 0.3) is 0 Å². The first-order valence-corrected chi connectivity index (χ1v) is 6.98. The lowest BCUT2D eigenvalue weighted by Crippen LogP contribution is -2.22. The first-order valence-electron chi connectivity index (χ1n) is 6.10. The topological polar surface area (TPSA) is 21.3 Å². The lowest BCUT2D eigenvalue weighted by molar-refractivity contribution is 0.125. The Bertz CT molecular complexity index is 246. The molecule has 1 aromatic heterocycles. The van der Waals surface area contributed by atoms with Gasteiger partial charge in [-0.2, -0.15) is 0 Å². The van der Waals surface area contributed by atoms with Crippen LogP contribution in [0.4, 0.5) is 0 Å². The van der Waals surface area contributed by atoms with E-state index in [4.69, 9.17) is 4.74 Å². The van der Waals surface area contributed by atoms with Gasteiger partial charge in [-0.25, -0.2) is 0 Å². The Hall–Kier alpha value is -0.380. The number of rotatable bonds is 9. The Morgan fingerprint density at radius 2 is 2.19 bits per heavy atom. The highest BCUT2D eigenvalue weighted by atomic mass is 32.1. The molecule has 0 atom stereocenters. The van der Waals surface area contributed by atoms with E-state index in [2.05, 4.69) is 36.7 Å². The quantitative estimate of drug-likeness (QED) is 0.671. The van der Waals surface area contributed by atoms with E-state index in [1.807, 2.05) is 11.3 Å². The van der Waals surface area contributed by atoms with Gasteiger partial charge in [0.05, 0.1) is 6.61 Å². The maximum Gasteiger partial charge on any atom is 0.0590 e. The van der Waals surface area contributed by atoms with Gasteiger partial charge in [0, 0.05) is 24.6 Å². The second-order valence-corrected chi connectivity index (χ2v) is 5.41. The first-order chi connectivity index (χ1) is 7.79. The maximum atomic E-state index is 5.52. The standard InChI is InChI=1S/C13H23NOS/c1-12(2)6-9-15-10-8-14-7-5-13-4-3-11-16-13/h3-4,11-12,14H,5-10H2,1-2H3. The van der Waals surface area contributed by atoms with Gasteiger partial charge in [0.15, 0.2) is 0 Å². The molecule has 1 aromatic rings. The molecule has 0 spiro atoms. The predicted molar refractivity (Wildman–Crippen MR) is 71.2 cm³/mol. The van der Waals surface area contributed by atoms with Crippen LogP contribution in [0.15, 0.2) is 17.5 Å². The summed E-state index contributed by atoms with van der Waals surface area (Å²) in [7, 11) is 0. The molecule has 1 heterocycles. The third-order valence-electron chi connectivity index (χ3n) is 2.39. The van der Waals surface area contributed by atoms with E-state index in [-0.39, 0.29) is 0 Å². The molecule has 0 aliphatic carbocycles. The average Bonchev–Trinajstić information content (AvgIpc) is 2.74. The van der Waals surface area contributed by atoms with Crippen LogP contribution in [0.3, 0.4) is 0 Å². The molecule has 1 rings (SSSR count). The van der Waals surface area contributed by atoms with Crippen LogP contribution < -0.4 is 5.32 Å². The van der Waals surface area contributed by atoms with E-state index < -0.39 is 0 Å². The van der Waals surface area contributed by atoms with E-state index in [1.54, 1.807) is 0 Å². The molecule has 0 bridgehead atoms. The van der Waals surface area contributed by atoms with Gasteiger partial charge >= 0.3 is 0 Å². The third-order valence-corrected chi connectivity index (χ3v) is 3.33. The fourth-order valence-corrected chi connectivity index (χ4v) is 2.07. The van der Waals surface area contributed by atoms with Crippen LogP contribution in [-0.4, -0.2) is 26.3 Å². The molecule has 16 heavy (non-hydrogen) atoms. The molecule has 0 aliphatic heterocycles. The molecule has 0 unspecified atom stereocenters. The molecule has 2 nitrogen and oxygen atoms in total. The van der Waals surface area contributed by atoms with E-state index in [0.717, 1.165) is 45.1 Å². The fourth-order valence-electron chi connectivity index (χ4n) is 1.36. The van der Waals surface area contributed by atoms with Crippen LogP contribution in [0, 0.1) is 5.92 Å². The van der Waals surface area contributed by atoms with Crippen LogP contribution in [0.1, 0.15) is 25.1 Å². The second kappa shape index (κ2) is 8.74. The highest BCUT2D eigenvalue weighted by molar-refractivity contribution is 7.09. The van der Waals surface area contributed by atoms with Gasteiger partial charge in [-0.3, -0.25) is 0 Å². The number of hydrogen-bond donors (Lipinski definition) is 1. The van der Waals surface area contributed by atoms with Crippen LogP contribution in [0.2, 0.25) is 0 Å². The molecular formula is C13H23NOS. The maximum absolute atomic E-state index is 5.52. The van der Waals surface area contributed by atoms with E-state index in [9.17, 15) is 0 Å². The van der Waals surface area contributed by atoms with Crippen molar-refractivity contribution in [3.05, 3.63) is 22.4 Å². The molecule has 0 aromatic carbocycles. The first kappa shape index (κ1) is 13.7. The van der Waals surface area contributed by atoms with E-state index in [0.29, 0.717) is 0 Å². The predicted octanol–water partition coefficient (Wildman–Crippen LogP) is 2.94. The minimum absolute atomic E-state index is 0.742. The van der Waals surface area contributed by atoms with E-state index in [1.165, 1.54) is 4.88 Å². The summed E-state index contributed by atoms with van der Waals surface area (Å²) >= 11 is 1.83. The Kier molecular flexibility index (Phi) is 7.47. The lowest BCUT2D eigenvalue weighted by Gasteiger charge is -2.07. The summed E-state index contributed by atoms with van der Waals surface area (Å²) in [4.78, 5) is 1.45. The Morgan fingerprint density at radius 1 is 1.31 bits per heavy atom. The number of nitrogens with one attached hydrogen (secondary N) is 1. The zero-order valence-electron chi connectivity index (χ0n) is 10.4. The molecule has 1 N–H and O–H groups in total. The molecule has 0 amide bonds. The average molecular weight is 241 g/mol. The summed E-state index contributed by atoms with van der Waals surface area (Å²) < 4.78 is 5.52. The van der Waals surface area contributed by atoms with Crippen molar-refractivity contribution in [1.82, 2.24) is 5.32 Å². The summed E-state index contributed by atoms with van der Waals surface area (Å²) in [5.74, 6) is 0.742. The van der Waals surface area contributed by atoms with Gasteiger partial charge in [0.25, 0.3) is 0 Å². The highest BCUT2D eigenvalue weighted by Gasteiger charge is 1.95. The van der Waals surface area contributed by atoms with Crippen molar-refractivity contribution in [2.75, 3.05) is 26.3 Å². The van der Waals surface area contributed by atoms with Crippen molar-refractivity contribution in [3.8, 4) is 0 Å². The van der Waals surface area contributed by atoms with E-state index >= 15 is 0 Å². The van der Waals surface area contributed by atoms with Gasteiger partial charge in [-0.15, -0.1) is 11.3 Å². The van der Waals surface area contributed by atoms with Gasteiger partial charge in [-0.05, 0) is 30.2 Å². The minimum atomic E-state index is 0.742. The molecule has 92 valence electrons. The smallest absolute Gasteiger partial charge is 0.0590 e. The normalized spacial score (nSPS) is 11.2. The summed E-state index contributed by atoms with van der Waals surface area (Å²) in [6.07, 6.45) is 2.29. The molecule has 0 fully saturated rings. The van der Waals surface area contributed by atoms with Gasteiger partial charge in [0.2, 0.25) is 0 Å². The molecule has 0 saturated carbocycles. The number of ether oxygens (including phenoxy) is 1. The Morgan fingerprint density at radius 3 is 2.88 bits per heavy atom. The van der Waals surface area contributed by atoms with Crippen LogP contribution in [0.5, 0.6) is 0 Å². The number of hydrogen-bond acceptors (Lipinski definition) is 3.